The molecule has 0 spiro atoms. The standard InChI is InChI=1S/C16H24ClNO4S/c1-13-3-4-15(17)11-16(13)23(19,20)18-7-5-14(6-8-18)12-22-10-9-21-2/h3-4,11,14H,5-10,12H2,1-2H3. The molecule has 1 aliphatic rings. The molecule has 5 nitrogen and oxygen atoms in total. The maximum absolute atomic E-state index is 12.8. The highest BCUT2D eigenvalue weighted by Gasteiger charge is 2.30. The molecule has 0 aromatic heterocycles. The van der Waals surface area contributed by atoms with Crippen LogP contribution in [0.5, 0.6) is 0 Å². The number of piperidine rings is 1. The molecular formula is C16H24ClNO4S. The first-order valence-electron chi connectivity index (χ1n) is 7.78. The second kappa shape index (κ2) is 8.44. The third-order valence-corrected chi connectivity index (χ3v) is 6.40. The SMILES string of the molecule is COCCOCC1CCN(S(=O)(=O)c2cc(Cl)ccc2C)CC1. The Labute approximate surface area is 143 Å². The molecule has 0 radical (unpaired) electrons. The van der Waals surface area contributed by atoms with Crippen LogP contribution in [0.3, 0.4) is 0 Å². The molecule has 0 amide bonds. The van der Waals surface area contributed by atoms with Crippen molar-refractivity contribution in [2.24, 2.45) is 5.92 Å². The Morgan fingerprint density at radius 1 is 1.26 bits per heavy atom. The topological polar surface area (TPSA) is 55.8 Å². The molecule has 2 rings (SSSR count). The summed E-state index contributed by atoms with van der Waals surface area (Å²) in [7, 11) is -1.84. The quantitative estimate of drug-likeness (QED) is 0.701. The number of nitrogens with zero attached hydrogens (tertiary/aromatic N) is 1. The summed E-state index contributed by atoms with van der Waals surface area (Å²) in [6.45, 7) is 4.66. The summed E-state index contributed by atoms with van der Waals surface area (Å²) in [6, 6.07) is 4.98. The van der Waals surface area contributed by atoms with Crippen molar-refractivity contribution < 1.29 is 17.9 Å². The van der Waals surface area contributed by atoms with Gasteiger partial charge >= 0.3 is 0 Å². The van der Waals surface area contributed by atoms with E-state index in [4.69, 9.17) is 21.1 Å². The van der Waals surface area contributed by atoms with Crippen LogP contribution in [-0.2, 0) is 19.5 Å². The molecule has 1 aromatic carbocycles. The smallest absolute Gasteiger partial charge is 0.243 e. The van der Waals surface area contributed by atoms with Gasteiger partial charge in [-0.05, 0) is 43.4 Å². The van der Waals surface area contributed by atoms with Crippen LogP contribution in [0.1, 0.15) is 18.4 Å². The van der Waals surface area contributed by atoms with Crippen molar-refractivity contribution in [3.63, 3.8) is 0 Å². The molecule has 1 fully saturated rings. The van der Waals surface area contributed by atoms with Crippen LogP contribution in [0.2, 0.25) is 5.02 Å². The Hall–Kier alpha value is -0.660. The number of benzene rings is 1. The van der Waals surface area contributed by atoms with E-state index in [2.05, 4.69) is 0 Å². The van der Waals surface area contributed by atoms with Gasteiger partial charge in [-0.1, -0.05) is 17.7 Å². The predicted molar refractivity (Wildman–Crippen MR) is 90.4 cm³/mol. The van der Waals surface area contributed by atoms with Crippen LogP contribution in [-0.4, -0.2) is 52.7 Å². The average molecular weight is 362 g/mol. The fourth-order valence-electron chi connectivity index (χ4n) is 2.70. The Kier molecular flexibility index (Phi) is 6.85. The van der Waals surface area contributed by atoms with Gasteiger partial charge in [-0.25, -0.2) is 8.42 Å². The number of sulfonamides is 1. The molecule has 0 bridgehead atoms. The minimum atomic E-state index is -3.48. The average Bonchev–Trinajstić information content (AvgIpc) is 2.54. The molecule has 23 heavy (non-hydrogen) atoms. The van der Waals surface area contributed by atoms with Gasteiger partial charge in [0.25, 0.3) is 0 Å². The zero-order valence-corrected chi connectivity index (χ0v) is 15.2. The zero-order valence-electron chi connectivity index (χ0n) is 13.6. The first-order valence-corrected chi connectivity index (χ1v) is 9.60. The van der Waals surface area contributed by atoms with Gasteiger partial charge < -0.3 is 9.47 Å². The third-order valence-electron chi connectivity index (χ3n) is 4.13. The van der Waals surface area contributed by atoms with Gasteiger partial charge in [0.2, 0.25) is 10.0 Å². The summed E-state index contributed by atoms with van der Waals surface area (Å²) in [4.78, 5) is 0.305. The van der Waals surface area contributed by atoms with Gasteiger partial charge in [-0.2, -0.15) is 4.31 Å². The molecular weight excluding hydrogens is 338 g/mol. The Morgan fingerprint density at radius 2 is 1.96 bits per heavy atom. The Morgan fingerprint density at radius 3 is 2.61 bits per heavy atom. The van der Waals surface area contributed by atoms with E-state index < -0.39 is 10.0 Å². The number of hydrogen-bond acceptors (Lipinski definition) is 4. The van der Waals surface area contributed by atoms with Crippen LogP contribution in [0.25, 0.3) is 0 Å². The van der Waals surface area contributed by atoms with Gasteiger partial charge in [0.1, 0.15) is 0 Å². The van der Waals surface area contributed by atoms with Crippen molar-refractivity contribution in [2.75, 3.05) is 40.0 Å². The van der Waals surface area contributed by atoms with E-state index >= 15 is 0 Å². The molecule has 7 heteroatoms. The summed E-state index contributed by atoms with van der Waals surface area (Å²) >= 11 is 5.96. The van der Waals surface area contributed by atoms with Crippen LogP contribution in [0, 0.1) is 12.8 Å². The highest BCUT2D eigenvalue weighted by molar-refractivity contribution is 7.89. The molecule has 0 aliphatic carbocycles. The summed E-state index contributed by atoms with van der Waals surface area (Å²) < 4.78 is 37.6. The monoisotopic (exact) mass is 361 g/mol. The third kappa shape index (κ3) is 4.90. The van der Waals surface area contributed by atoms with Gasteiger partial charge in [-0.15, -0.1) is 0 Å². The lowest BCUT2D eigenvalue weighted by atomic mass is 9.99. The number of halogens is 1. The van der Waals surface area contributed by atoms with E-state index in [0.29, 0.717) is 48.7 Å². The van der Waals surface area contributed by atoms with Crippen LogP contribution in [0.4, 0.5) is 0 Å². The fraction of sp³-hybridized carbons (Fsp3) is 0.625. The van der Waals surface area contributed by atoms with Crippen LogP contribution in [0.15, 0.2) is 23.1 Å². The predicted octanol–water partition coefficient (Wildman–Crippen LogP) is 2.71. The van der Waals surface area contributed by atoms with Gasteiger partial charge in [-0.3, -0.25) is 0 Å². The number of aryl methyl sites for hydroxylation is 1. The van der Waals surface area contributed by atoms with E-state index in [0.717, 1.165) is 18.4 Å². The molecule has 1 aliphatic heterocycles. The zero-order chi connectivity index (χ0) is 16.9. The molecule has 1 aromatic rings. The molecule has 0 N–H and O–H groups in total. The summed E-state index contributed by atoms with van der Waals surface area (Å²) in [5.74, 6) is 0.402. The van der Waals surface area contributed by atoms with Gasteiger partial charge in [0.15, 0.2) is 0 Å². The minimum absolute atomic E-state index is 0.305. The molecule has 1 heterocycles. The van der Waals surface area contributed by atoms with Crippen molar-refractivity contribution >= 4 is 21.6 Å². The fourth-order valence-corrected chi connectivity index (χ4v) is 4.66. The highest BCUT2D eigenvalue weighted by Crippen LogP contribution is 2.27. The van der Waals surface area contributed by atoms with E-state index in [1.54, 1.807) is 30.5 Å². The number of ether oxygens (including phenoxy) is 2. The first-order chi connectivity index (χ1) is 10.9. The van der Waals surface area contributed by atoms with E-state index in [-0.39, 0.29) is 0 Å². The molecule has 0 unspecified atom stereocenters. The maximum atomic E-state index is 12.8. The molecule has 1 saturated heterocycles. The highest BCUT2D eigenvalue weighted by atomic mass is 35.5. The normalized spacial score (nSPS) is 17.5. The van der Waals surface area contributed by atoms with Crippen molar-refractivity contribution in [2.45, 2.75) is 24.7 Å². The molecule has 0 atom stereocenters. The lowest BCUT2D eigenvalue weighted by Gasteiger charge is -2.31. The van der Waals surface area contributed by atoms with Crippen molar-refractivity contribution in [3.05, 3.63) is 28.8 Å². The Balaban J connectivity index is 1.95. The number of hydrogen-bond donors (Lipinski definition) is 0. The lowest BCUT2D eigenvalue weighted by molar-refractivity contribution is 0.0410. The summed E-state index contributed by atoms with van der Waals surface area (Å²) in [6.07, 6.45) is 1.62. The van der Waals surface area contributed by atoms with E-state index in [1.807, 2.05) is 0 Å². The van der Waals surface area contributed by atoms with Crippen molar-refractivity contribution in [1.29, 1.82) is 0 Å². The lowest BCUT2D eigenvalue weighted by Crippen LogP contribution is -2.39. The first kappa shape index (κ1) is 18.7. The summed E-state index contributed by atoms with van der Waals surface area (Å²) in [5.41, 5.74) is 0.722. The van der Waals surface area contributed by atoms with E-state index in [9.17, 15) is 8.42 Å². The van der Waals surface area contributed by atoms with Crippen LogP contribution < -0.4 is 0 Å². The van der Waals surface area contributed by atoms with Crippen molar-refractivity contribution in [3.8, 4) is 0 Å². The second-order valence-electron chi connectivity index (χ2n) is 5.82. The van der Waals surface area contributed by atoms with E-state index in [1.165, 1.54) is 6.07 Å². The Bertz CT molecular complexity index is 613. The number of rotatable bonds is 7. The molecule has 0 saturated carbocycles. The minimum Gasteiger partial charge on any atom is -0.382 e. The van der Waals surface area contributed by atoms with Crippen molar-refractivity contribution in [1.82, 2.24) is 4.31 Å². The van der Waals surface area contributed by atoms with Crippen LogP contribution >= 0.6 is 11.6 Å². The summed E-state index contributed by atoms with van der Waals surface area (Å²) in [5, 5.41) is 0.440. The molecule has 130 valence electrons. The maximum Gasteiger partial charge on any atom is 0.243 e. The number of methoxy groups -OCH3 is 1. The van der Waals surface area contributed by atoms with Gasteiger partial charge in [0.05, 0.1) is 18.1 Å². The largest absolute Gasteiger partial charge is 0.382 e. The second-order valence-corrected chi connectivity index (χ2v) is 8.17. The van der Waals surface area contributed by atoms with Gasteiger partial charge in [0, 0.05) is 31.8 Å².